The number of rotatable bonds is 4. The number of aromatic nitrogens is 1. The van der Waals surface area contributed by atoms with Gasteiger partial charge in [0.1, 0.15) is 0 Å². The van der Waals surface area contributed by atoms with Crippen molar-refractivity contribution >= 4 is 28.2 Å². The lowest BCUT2D eigenvalue weighted by molar-refractivity contribution is -0.130. The maximum atomic E-state index is 13.5. The number of H-pyrrole nitrogens is 1. The zero-order valence-corrected chi connectivity index (χ0v) is 20.4. The summed E-state index contributed by atoms with van der Waals surface area (Å²) in [4.78, 5) is 31.2. The third-order valence-electron chi connectivity index (χ3n) is 6.55. The van der Waals surface area contributed by atoms with Crippen molar-refractivity contribution in [2.75, 3.05) is 19.0 Å². The van der Waals surface area contributed by atoms with Gasteiger partial charge in [0.25, 0.3) is 5.56 Å². The minimum atomic E-state index is -0.269. The lowest BCUT2D eigenvalue weighted by atomic mass is 9.90. The van der Waals surface area contributed by atoms with Crippen LogP contribution in [0.1, 0.15) is 36.1 Å². The van der Waals surface area contributed by atoms with Gasteiger partial charge >= 0.3 is 0 Å². The molecular formula is C29H28N4O2. The highest BCUT2D eigenvalue weighted by atomic mass is 16.2. The van der Waals surface area contributed by atoms with E-state index >= 15 is 0 Å². The molecular weight excluding hydrogens is 436 g/mol. The fourth-order valence-corrected chi connectivity index (χ4v) is 4.79. The quantitative estimate of drug-likeness (QED) is 0.448. The number of aryl methyl sites for hydroxylation is 1. The maximum absolute atomic E-state index is 13.5. The van der Waals surface area contributed by atoms with E-state index in [9.17, 15) is 9.59 Å². The Bertz CT molecular complexity index is 1500. The molecule has 0 spiro atoms. The van der Waals surface area contributed by atoms with Crippen LogP contribution in [0.4, 0.5) is 5.69 Å². The molecule has 0 saturated heterocycles. The average Bonchev–Trinajstić information content (AvgIpc) is 3.29. The van der Waals surface area contributed by atoms with Gasteiger partial charge in [0.05, 0.1) is 17.3 Å². The minimum absolute atomic E-state index is 0.156. The molecule has 1 N–H and O–H groups in total. The maximum Gasteiger partial charge on any atom is 0.258 e. The van der Waals surface area contributed by atoms with Gasteiger partial charge in [-0.1, -0.05) is 54.1 Å². The van der Waals surface area contributed by atoms with Crippen LogP contribution >= 0.6 is 0 Å². The molecule has 0 unspecified atom stereocenters. The number of hydrogen-bond acceptors (Lipinski definition) is 4. The lowest BCUT2D eigenvalue weighted by Crippen LogP contribution is -2.24. The van der Waals surface area contributed by atoms with Crippen LogP contribution in [-0.2, 0) is 4.79 Å². The molecule has 5 rings (SSSR count). The number of carbonyl (C=O) groups excluding carboxylic acids is 1. The number of fused-ring (bicyclic) bond motifs is 1. The number of benzene rings is 3. The summed E-state index contributed by atoms with van der Waals surface area (Å²) < 4.78 is 0. The van der Waals surface area contributed by atoms with Gasteiger partial charge in [0.2, 0.25) is 5.91 Å². The van der Waals surface area contributed by atoms with Crippen LogP contribution in [0, 0.1) is 6.92 Å². The first-order valence-electron chi connectivity index (χ1n) is 11.7. The van der Waals surface area contributed by atoms with E-state index in [4.69, 9.17) is 5.10 Å². The molecule has 1 aromatic heterocycles. The number of pyridine rings is 1. The molecule has 0 radical (unpaired) electrons. The second kappa shape index (κ2) is 8.87. The summed E-state index contributed by atoms with van der Waals surface area (Å²) in [6, 6.07) is 23.8. The molecule has 0 fully saturated rings. The Morgan fingerprint density at radius 3 is 2.37 bits per heavy atom. The van der Waals surface area contributed by atoms with E-state index in [-0.39, 0.29) is 17.5 Å². The van der Waals surface area contributed by atoms with Gasteiger partial charge in [0, 0.05) is 49.6 Å². The average molecular weight is 465 g/mol. The largest absolute Gasteiger partial charge is 0.378 e. The summed E-state index contributed by atoms with van der Waals surface area (Å²) in [5.74, 6) is -0.156. The van der Waals surface area contributed by atoms with E-state index in [1.165, 1.54) is 11.9 Å². The van der Waals surface area contributed by atoms with E-state index in [0.717, 1.165) is 38.8 Å². The van der Waals surface area contributed by atoms with Crippen LogP contribution in [0.3, 0.4) is 0 Å². The van der Waals surface area contributed by atoms with Crippen LogP contribution in [-0.4, -0.2) is 35.7 Å². The summed E-state index contributed by atoms with van der Waals surface area (Å²) in [6.45, 7) is 3.55. The molecule has 1 atom stereocenters. The van der Waals surface area contributed by atoms with Crippen LogP contribution in [0.15, 0.2) is 82.7 Å². The van der Waals surface area contributed by atoms with Crippen molar-refractivity contribution in [3.8, 4) is 11.1 Å². The molecule has 35 heavy (non-hydrogen) atoms. The number of nitrogens with zero attached hydrogens (tertiary/aromatic N) is 3. The normalized spacial score (nSPS) is 15.4. The molecule has 6 nitrogen and oxygen atoms in total. The molecule has 1 amide bonds. The zero-order chi connectivity index (χ0) is 24.7. The topological polar surface area (TPSA) is 68.8 Å². The second-order valence-corrected chi connectivity index (χ2v) is 9.24. The zero-order valence-electron chi connectivity index (χ0n) is 20.4. The van der Waals surface area contributed by atoms with E-state index in [2.05, 4.69) is 11.1 Å². The fraction of sp³-hybridized carbons (Fsp3) is 0.207. The third-order valence-corrected chi connectivity index (χ3v) is 6.55. The van der Waals surface area contributed by atoms with Crippen LogP contribution in [0.5, 0.6) is 0 Å². The van der Waals surface area contributed by atoms with E-state index < -0.39 is 0 Å². The van der Waals surface area contributed by atoms with Gasteiger partial charge in [-0.15, -0.1) is 0 Å². The van der Waals surface area contributed by atoms with Crippen molar-refractivity contribution in [3.05, 3.63) is 99.8 Å². The van der Waals surface area contributed by atoms with Crippen LogP contribution in [0.25, 0.3) is 22.0 Å². The van der Waals surface area contributed by atoms with E-state index in [1.807, 2.05) is 92.6 Å². The van der Waals surface area contributed by atoms with Crippen molar-refractivity contribution in [2.24, 2.45) is 5.10 Å². The Morgan fingerprint density at radius 2 is 1.71 bits per heavy atom. The number of hydrazone groups is 1. The molecule has 3 aromatic carbocycles. The predicted molar refractivity (Wildman–Crippen MR) is 142 cm³/mol. The first-order valence-corrected chi connectivity index (χ1v) is 11.7. The Hall–Kier alpha value is -4.19. The van der Waals surface area contributed by atoms with E-state index in [0.29, 0.717) is 17.7 Å². The van der Waals surface area contributed by atoms with Crippen LogP contribution in [0.2, 0.25) is 0 Å². The summed E-state index contributed by atoms with van der Waals surface area (Å²) in [5, 5.41) is 7.19. The highest BCUT2D eigenvalue weighted by molar-refractivity contribution is 6.12. The fourth-order valence-electron chi connectivity index (χ4n) is 4.79. The SMILES string of the molecule is CC(=O)N1N=C(c2c(-c3ccccc3)c3cc(C)ccc3[nH]c2=O)C[C@@H]1c1ccc(N(C)C)cc1. The lowest BCUT2D eigenvalue weighted by Gasteiger charge is -2.21. The van der Waals surface area contributed by atoms with Crippen molar-refractivity contribution in [1.82, 2.24) is 9.99 Å². The smallest absolute Gasteiger partial charge is 0.258 e. The number of carbonyl (C=O) groups is 1. The second-order valence-electron chi connectivity index (χ2n) is 9.24. The highest BCUT2D eigenvalue weighted by Crippen LogP contribution is 2.37. The first-order chi connectivity index (χ1) is 16.8. The Morgan fingerprint density at radius 1 is 1.00 bits per heavy atom. The number of aromatic amines is 1. The molecule has 176 valence electrons. The van der Waals surface area contributed by atoms with Crippen molar-refractivity contribution in [2.45, 2.75) is 26.3 Å². The Kier molecular flexibility index (Phi) is 5.73. The van der Waals surface area contributed by atoms with Crippen molar-refractivity contribution < 1.29 is 4.79 Å². The van der Waals surface area contributed by atoms with Gasteiger partial charge in [-0.3, -0.25) is 9.59 Å². The Balaban J connectivity index is 1.68. The molecule has 6 heteroatoms. The van der Waals surface area contributed by atoms with E-state index in [1.54, 1.807) is 0 Å². The summed E-state index contributed by atoms with van der Waals surface area (Å²) in [5.41, 5.74) is 6.67. The molecule has 4 aromatic rings. The molecule has 0 bridgehead atoms. The van der Waals surface area contributed by atoms with Gasteiger partial charge in [-0.2, -0.15) is 5.10 Å². The number of hydrogen-bond donors (Lipinski definition) is 1. The molecule has 1 aliphatic rings. The summed E-state index contributed by atoms with van der Waals surface area (Å²) in [7, 11) is 3.99. The third kappa shape index (κ3) is 4.12. The first kappa shape index (κ1) is 22.6. The van der Waals surface area contributed by atoms with Crippen molar-refractivity contribution in [1.29, 1.82) is 0 Å². The minimum Gasteiger partial charge on any atom is -0.378 e. The number of amides is 1. The summed E-state index contributed by atoms with van der Waals surface area (Å²) in [6.07, 6.45) is 0.459. The monoisotopic (exact) mass is 464 g/mol. The van der Waals surface area contributed by atoms with Crippen LogP contribution < -0.4 is 10.5 Å². The van der Waals surface area contributed by atoms with Gasteiger partial charge < -0.3 is 9.88 Å². The number of anilines is 1. The molecule has 0 aliphatic carbocycles. The van der Waals surface area contributed by atoms with Gasteiger partial charge in [-0.05, 0) is 42.3 Å². The van der Waals surface area contributed by atoms with Crippen molar-refractivity contribution in [3.63, 3.8) is 0 Å². The Labute approximate surface area is 204 Å². The predicted octanol–water partition coefficient (Wildman–Crippen LogP) is 5.27. The highest BCUT2D eigenvalue weighted by Gasteiger charge is 2.34. The molecule has 2 heterocycles. The molecule has 1 aliphatic heterocycles. The standard InChI is InChI=1S/C29H28N4O2/c1-18-10-15-24-23(16-18)27(21-8-6-5-7-9-21)28(29(35)30-24)25-17-26(33(31-25)19(2)34)20-11-13-22(14-12-20)32(3)4/h5-16,26H,17H2,1-4H3,(H,30,35)/t26-/m1/s1. The van der Waals surface area contributed by atoms with Gasteiger partial charge in [-0.25, -0.2) is 5.01 Å². The summed E-state index contributed by atoms with van der Waals surface area (Å²) >= 11 is 0. The van der Waals surface area contributed by atoms with Gasteiger partial charge in [0.15, 0.2) is 0 Å². The number of nitrogens with one attached hydrogen (secondary N) is 1. The molecule has 0 saturated carbocycles.